The van der Waals surface area contributed by atoms with Crippen molar-refractivity contribution in [3.63, 3.8) is 0 Å². The molecule has 0 radical (unpaired) electrons. The monoisotopic (exact) mass is 417 g/mol. The topological polar surface area (TPSA) is 39.7 Å². The minimum Gasteiger partial charge on any atom is -0.481 e. The molecule has 0 spiro atoms. The summed E-state index contributed by atoms with van der Waals surface area (Å²) >= 11 is 4.10. The number of thiophene rings is 1. The van der Waals surface area contributed by atoms with E-state index in [2.05, 4.69) is 40.0 Å². The smallest absolute Gasteiger partial charge is 0.231 e. The number of fused-ring (bicyclic) bond motifs is 1. The lowest BCUT2D eigenvalue weighted by Crippen LogP contribution is -2.15. The molecule has 0 saturated heterocycles. The van der Waals surface area contributed by atoms with Gasteiger partial charge in [0.25, 0.3) is 0 Å². The highest BCUT2D eigenvalue weighted by Crippen LogP contribution is 2.43. The molecule has 0 unspecified atom stereocenters. The third kappa shape index (κ3) is 3.44. The summed E-state index contributed by atoms with van der Waals surface area (Å²) in [5.41, 5.74) is 0. The van der Waals surface area contributed by atoms with E-state index >= 15 is 0 Å². The van der Waals surface area contributed by atoms with Crippen LogP contribution in [-0.2, 0) is 0 Å². The highest BCUT2D eigenvalue weighted by molar-refractivity contribution is 14.1. The van der Waals surface area contributed by atoms with Crippen molar-refractivity contribution in [3.05, 3.63) is 38.1 Å². The SMILES string of the molecule is CNCC[C@H](Oc1cccc2c1OCO2)c1ccc(I)s1. The molecule has 3 rings (SSSR count). The van der Waals surface area contributed by atoms with Crippen LogP contribution in [0.25, 0.3) is 0 Å². The molecule has 1 N–H and O–H groups in total. The van der Waals surface area contributed by atoms with Gasteiger partial charge in [-0.05, 0) is 60.4 Å². The quantitative estimate of drug-likeness (QED) is 0.726. The van der Waals surface area contributed by atoms with Crippen LogP contribution in [0.5, 0.6) is 17.2 Å². The number of halogens is 1. The van der Waals surface area contributed by atoms with E-state index in [-0.39, 0.29) is 12.9 Å². The average Bonchev–Trinajstić information content (AvgIpc) is 3.12. The molecule has 6 heteroatoms. The molecule has 1 atom stereocenters. The van der Waals surface area contributed by atoms with Crippen LogP contribution in [0.4, 0.5) is 0 Å². The van der Waals surface area contributed by atoms with E-state index in [1.54, 1.807) is 11.3 Å². The standard InChI is InChI=1S/C15H16INO3S/c1-17-8-7-10(13-5-6-14(16)21-13)20-12-4-2-3-11-15(12)19-9-18-11/h2-6,10,17H,7-9H2,1H3/t10-/m0/s1. The predicted molar refractivity (Wildman–Crippen MR) is 91.5 cm³/mol. The van der Waals surface area contributed by atoms with E-state index in [1.165, 1.54) is 7.76 Å². The summed E-state index contributed by atoms with van der Waals surface area (Å²) in [7, 11) is 1.95. The van der Waals surface area contributed by atoms with Crippen LogP contribution < -0.4 is 19.5 Å². The summed E-state index contributed by atoms with van der Waals surface area (Å²) in [5.74, 6) is 2.20. The lowest BCUT2D eigenvalue weighted by Gasteiger charge is -2.19. The lowest BCUT2D eigenvalue weighted by atomic mass is 10.2. The number of ether oxygens (including phenoxy) is 3. The average molecular weight is 417 g/mol. The van der Waals surface area contributed by atoms with Crippen LogP contribution in [0.2, 0.25) is 0 Å². The van der Waals surface area contributed by atoms with Crippen LogP contribution in [0, 0.1) is 2.88 Å². The number of hydrogen-bond donors (Lipinski definition) is 1. The van der Waals surface area contributed by atoms with Crippen LogP contribution >= 0.6 is 33.9 Å². The Morgan fingerprint density at radius 2 is 2.24 bits per heavy atom. The van der Waals surface area contributed by atoms with E-state index < -0.39 is 0 Å². The van der Waals surface area contributed by atoms with Gasteiger partial charge < -0.3 is 19.5 Å². The summed E-state index contributed by atoms with van der Waals surface area (Å²) in [5, 5.41) is 3.18. The fourth-order valence-electron chi connectivity index (χ4n) is 2.19. The Bertz CT molecular complexity index is 617. The second kappa shape index (κ2) is 6.85. The van der Waals surface area contributed by atoms with Crippen molar-refractivity contribution >= 4 is 33.9 Å². The number of rotatable bonds is 6. The van der Waals surface area contributed by atoms with Gasteiger partial charge in [-0.15, -0.1) is 11.3 Å². The van der Waals surface area contributed by atoms with E-state index in [0.717, 1.165) is 24.5 Å². The Balaban J connectivity index is 1.83. The van der Waals surface area contributed by atoms with Crippen molar-refractivity contribution < 1.29 is 14.2 Å². The minimum atomic E-state index is 0.0154. The molecule has 2 aromatic rings. The summed E-state index contributed by atoms with van der Waals surface area (Å²) in [4.78, 5) is 1.23. The maximum Gasteiger partial charge on any atom is 0.231 e. The molecule has 0 fully saturated rings. The highest BCUT2D eigenvalue weighted by Gasteiger charge is 2.22. The third-order valence-corrected chi connectivity index (χ3v) is 5.18. The first-order valence-corrected chi connectivity index (χ1v) is 8.62. The summed E-state index contributed by atoms with van der Waals surface area (Å²) in [6.45, 7) is 1.15. The number of nitrogens with one attached hydrogen (secondary N) is 1. The first kappa shape index (κ1) is 14.9. The predicted octanol–water partition coefficient (Wildman–Crippen LogP) is 3.81. The van der Waals surface area contributed by atoms with Crippen LogP contribution in [0.3, 0.4) is 0 Å². The molecule has 0 saturated carbocycles. The van der Waals surface area contributed by atoms with Gasteiger partial charge in [0, 0.05) is 11.3 Å². The van der Waals surface area contributed by atoms with Crippen LogP contribution in [0.15, 0.2) is 30.3 Å². The second-order valence-corrected chi connectivity index (χ2v) is 7.64. The van der Waals surface area contributed by atoms with Gasteiger partial charge in [0.05, 0.1) is 2.88 Å². The molecular weight excluding hydrogens is 401 g/mol. The van der Waals surface area contributed by atoms with E-state index in [9.17, 15) is 0 Å². The Hall–Kier alpha value is -0.990. The first-order chi connectivity index (χ1) is 10.3. The first-order valence-electron chi connectivity index (χ1n) is 6.73. The fraction of sp³-hybridized carbons (Fsp3) is 0.333. The third-order valence-electron chi connectivity index (χ3n) is 3.20. The van der Waals surface area contributed by atoms with Crippen molar-refractivity contribution in [2.75, 3.05) is 20.4 Å². The fourth-order valence-corrected chi connectivity index (χ4v) is 3.92. The molecule has 0 bridgehead atoms. The summed E-state index contributed by atoms with van der Waals surface area (Å²) in [6.07, 6.45) is 0.916. The molecule has 1 aliphatic heterocycles. The van der Waals surface area contributed by atoms with Gasteiger partial charge in [-0.25, -0.2) is 0 Å². The lowest BCUT2D eigenvalue weighted by molar-refractivity contribution is 0.159. The van der Waals surface area contributed by atoms with Crippen molar-refractivity contribution in [1.29, 1.82) is 0 Å². The Labute approximate surface area is 141 Å². The number of para-hydroxylation sites is 1. The van der Waals surface area contributed by atoms with Crippen LogP contribution in [-0.4, -0.2) is 20.4 Å². The number of benzene rings is 1. The zero-order valence-corrected chi connectivity index (χ0v) is 14.6. The maximum atomic E-state index is 6.22. The maximum absolute atomic E-state index is 6.22. The Morgan fingerprint density at radius 1 is 1.33 bits per heavy atom. The minimum absolute atomic E-state index is 0.0154. The van der Waals surface area contributed by atoms with Crippen molar-refractivity contribution in [1.82, 2.24) is 5.32 Å². The molecule has 112 valence electrons. The van der Waals surface area contributed by atoms with Gasteiger partial charge in [0.1, 0.15) is 6.10 Å². The molecule has 21 heavy (non-hydrogen) atoms. The van der Waals surface area contributed by atoms with Crippen molar-refractivity contribution in [2.24, 2.45) is 0 Å². The highest BCUT2D eigenvalue weighted by atomic mass is 127. The van der Waals surface area contributed by atoms with Crippen molar-refractivity contribution in [2.45, 2.75) is 12.5 Å². The van der Waals surface area contributed by atoms with Gasteiger partial charge in [-0.1, -0.05) is 6.07 Å². The molecule has 2 heterocycles. The molecule has 1 aromatic heterocycles. The van der Waals surface area contributed by atoms with Gasteiger partial charge in [0.2, 0.25) is 12.5 Å². The Morgan fingerprint density at radius 3 is 3.00 bits per heavy atom. The van der Waals surface area contributed by atoms with Crippen LogP contribution in [0.1, 0.15) is 17.4 Å². The van der Waals surface area contributed by atoms with E-state index in [4.69, 9.17) is 14.2 Å². The summed E-state index contributed by atoms with van der Waals surface area (Å²) < 4.78 is 18.4. The normalized spacial score (nSPS) is 14.2. The molecule has 1 aliphatic rings. The Kier molecular flexibility index (Phi) is 4.87. The summed E-state index contributed by atoms with van der Waals surface area (Å²) in [6, 6.07) is 10.00. The van der Waals surface area contributed by atoms with Gasteiger partial charge >= 0.3 is 0 Å². The van der Waals surface area contributed by atoms with Gasteiger partial charge in [0.15, 0.2) is 11.5 Å². The zero-order chi connectivity index (χ0) is 14.7. The molecular formula is C15H16INO3S. The molecule has 0 aliphatic carbocycles. The molecule has 0 amide bonds. The second-order valence-electron chi connectivity index (χ2n) is 4.63. The van der Waals surface area contributed by atoms with E-state index in [1.807, 2.05) is 25.2 Å². The van der Waals surface area contributed by atoms with Crippen molar-refractivity contribution in [3.8, 4) is 17.2 Å². The number of hydrogen-bond acceptors (Lipinski definition) is 5. The van der Waals surface area contributed by atoms with Gasteiger partial charge in [-0.3, -0.25) is 0 Å². The largest absolute Gasteiger partial charge is 0.481 e. The zero-order valence-electron chi connectivity index (χ0n) is 11.6. The molecule has 1 aromatic carbocycles. The van der Waals surface area contributed by atoms with Gasteiger partial charge in [-0.2, -0.15) is 0 Å². The van der Waals surface area contributed by atoms with E-state index in [0.29, 0.717) is 5.75 Å². The molecule has 4 nitrogen and oxygen atoms in total.